The second kappa shape index (κ2) is 120. The Morgan fingerprint density at radius 2 is 0.500 bits per heavy atom. The van der Waals surface area contributed by atoms with Crippen LogP contribution in [-0.2, 0) is 0 Å². The maximum atomic E-state index is 0. The Morgan fingerprint density at radius 1 is 0.500 bits per heavy atom. The molecule has 0 saturated heterocycles. The molecular formula is H11CeNO4+4. The third kappa shape index (κ3) is 65.2. The minimum atomic E-state index is 0. The smallest absolute Gasteiger partial charge is 0.412 e. The Hall–Kier alpha value is 1.18. The van der Waals surface area contributed by atoms with Gasteiger partial charge in [-0.25, -0.2) is 0 Å². The topological polar surface area (TPSA) is 161 Å². The van der Waals surface area contributed by atoms with Crippen molar-refractivity contribution in [2.45, 2.75) is 0 Å². The van der Waals surface area contributed by atoms with Crippen molar-refractivity contribution in [1.82, 2.24) is 6.15 Å². The summed E-state index contributed by atoms with van der Waals surface area (Å²) in [6.07, 6.45) is 0. The summed E-state index contributed by atoms with van der Waals surface area (Å²) >= 11 is 0. The normalized spacial score (nSPS) is 0. The molecule has 0 aliphatic carbocycles. The predicted molar refractivity (Wildman–Crippen MR) is 19.5 cm³/mol. The van der Waals surface area contributed by atoms with E-state index in [1.165, 1.54) is 0 Å². The molecule has 0 atom stereocenters. The zero-order chi connectivity index (χ0) is 0. The Labute approximate surface area is 69.3 Å². The van der Waals surface area contributed by atoms with E-state index in [1.807, 2.05) is 0 Å². The second-order valence-electron chi connectivity index (χ2n) is 0. The standard InChI is InChI=1S/Ce.H3N.4H2O/h;1H3;4*1H2/q+4;;;;;. The molecule has 6 heavy (non-hydrogen) atoms. The van der Waals surface area contributed by atoms with Crippen LogP contribution >= 0.6 is 0 Å². The summed E-state index contributed by atoms with van der Waals surface area (Å²) in [4.78, 5) is 0. The van der Waals surface area contributed by atoms with E-state index in [-0.39, 0.29) is 69.8 Å². The zero-order valence-electron chi connectivity index (χ0n) is 3.21. The summed E-state index contributed by atoms with van der Waals surface area (Å²) in [5, 5.41) is 0. The molecule has 0 spiro atoms. The Kier molecular flexibility index (Phi) is 3940. The largest absolute Gasteiger partial charge is 4.00 e. The van der Waals surface area contributed by atoms with Gasteiger partial charge in [-0.15, -0.1) is 0 Å². The van der Waals surface area contributed by atoms with Crippen LogP contribution in [0.5, 0.6) is 0 Å². The summed E-state index contributed by atoms with van der Waals surface area (Å²) in [7, 11) is 0. The second-order valence-corrected chi connectivity index (χ2v) is 0. The predicted octanol–water partition coefficient (Wildman–Crippen LogP) is -3.14. The number of hydrogen-bond acceptors (Lipinski definition) is 1. The summed E-state index contributed by atoms with van der Waals surface area (Å²) in [5.41, 5.74) is 0. The third-order valence-electron chi connectivity index (χ3n) is 0. The van der Waals surface area contributed by atoms with Gasteiger partial charge in [-0.05, 0) is 0 Å². The average molecular weight is 229 g/mol. The van der Waals surface area contributed by atoms with Crippen molar-refractivity contribution >= 4 is 0 Å². The monoisotopic (exact) mass is 229 g/mol. The molecule has 0 radical (unpaired) electrons. The van der Waals surface area contributed by atoms with Crippen molar-refractivity contribution in [1.29, 1.82) is 0 Å². The molecule has 5 nitrogen and oxygen atoms in total. The van der Waals surface area contributed by atoms with Gasteiger partial charge in [0.15, 0.2) is 0 Å². The maximum absolute atomic E-state index is 0. The summed E-state index contributed by atoms with van der Waals surface area (Å²) in [6, 6.07) is 0. The Bertz CT molecular complexity index is 7.51. The molecule has 0 aliphatic rings. The van der Waals surface area contributed by atoms with Gasteiger partial charge < -0.3 is 28.1 Å². The van der Waals surface area contributed by atoms with Crippen LogP contribution in [0.1, 0.15) is 0 Å². The minimum Gasteiger partial charge on any atom is -0.412 e. The molecule has 0 saturated carbocycles. The van der Waals surface area contributed by atoms with Gasteiger partial charge in [-0.2, -0.15) is 0 Å². The fraction of sp³-hybridized carbons (Fsp3) is 0. The number of hydrogen-bond donors (Lipinski definition) is 1. The van der Waals surface area contributed by atoms with Crippen molar-refractivity contribution in [2.24, 2.45) is 0 Å². The first-order chi connectivity index (χ1) is 0. The van der Waals surface area contributed by atoms with Gasteiger partial charge in [-0.1, -0.05) is 0 Å². The van der Waals surface area contributed by atoms with Gasteiger partial charge in [0.05, 0.1) is 0 Å². The first-order valence-corrected chi connectivity index (χ1v) is 0. The van der Waals surface area contributed by atoms with E-state index in [0.29, 0.717) is 0 Å². The quantitative estimate of drug-likeness (QED) is 0.456. The van der Waals surface area contributed by atoms with Crippen molar-refractivity contribution in [2.75, 3.05) is 0 Å². The van der Waals surface area contributed by atoms with Gasteiger partial charge in [0.25, 0.3) is 0 Å². The van der Waals surface area contributed by atoms with Crippen molar-refractivity contribution in [3.8, 4) is 0 Å². The number of rotatable bonds is 0. The van der Waals surface area contributed by atoms with Crippen LogP contribution < -0.4 is 6.15 Å². The summed E-state index contributed by atoms with van der Waals surface area (Å²) in [6.45, 7) is 0. The van der Waals surface area contributed by atoms with Gasteiger partial charge in [0.2, 0.25) is 0 Å². The van der Waals surface area contributed by atoms with E-state index in [4.69, 9.17) is 0 Å². The van der Waals surface area contributed by atoms with Gasteiger partial charge in [-0.3, -0.25) is 0 Å². The van der Waals surface area contributed by atoms with E-state index >= 15 is 0 Å². The van der Waals surface area contributed by atoms with E-state index in [2.05, 4.69) is 0 Å². The molecule has 0 rings (SSSR count). The third-order valence-corrected chi connectivity index (χ3v) is 0. The molecule has 0 aliphatic heterocycles. The molecule has 0 unspecified atom stereocenters. The molecule has 0 aromatic heterocycles. The first-order valence-electron chi connectivity index (χ1n) is 0. The molecule has 0 aromatic carbocycles. The minimum absolute atomic E-state index is 0. The molecule has 0 heterocycles. The summed E-state index contributed by atoms with van der Waals surface area (Å²) in [5.74, 6) is 0. The van der Waals surface area contributed by atoms with Gasteiger partial charge in [0, 0.05) is 0 Å². The molecule has 0 aromatic rings. The molecule has 0 bridgehead atoms. The zero-order valence-corrected chi connectivity index (χ0v) is 6.35. The van der Waals surface area contributed by atoms with Crippen LogP contribution in [0.3, 0.4) is 0 Å². The van der Waals surface area contributed by atoms with Crippen LogP contribution in [0.2, 0.25) is 0 Å². The van der Waals surface area contributed by atoms with E-state index < -0.39 is 0 Å². The average Bonchev–Trinajstić information content (AvgIpc) is 0. The molecule has 0 fully saturated rings. The van der Waals surface area contributed by atoms with Crippen LogP contribution in [0.4, 0.5) is 0 Å². The molecule has 6 heteroatoms. The van der Waals surface area contributed by atoms with E-state index in [0.717, 1.165) is 0 Å². The van der Waals surface area contributed by atoms with Crippen LogP contribution in [0.25, 0.3) is 0 Å². The molecule has 0 amide bonds. The van der Waals surface area contributed by atoms with Crippen LogP contribution in [-0.4, -0.2) is 21.9 Å². The Morgan fingerprint density at radius 3 is 0.500 bits per heavy atom. The Balaban J connectivity index is 0. The van der Waals surface area contributed by atoms with Crippen molar-refractivity contribution in [3.05, 3.63) is 0 Å². The fourth-order valence-corrected chi connectivity index (χ4v) is 0. The fourth-order valence-electron chi connectivity index (χ4n) is 0. The van der Waals surface area contributed by atoms with Gasteiger partial charge >= 0.3 is 41.7 Å². The van der Waals surface area contributed by atoms with Crippen molar-refractivity contribution in [3.63, 3.8) is 0 Å². The van der Waals surface area contributed by atoms with Gasteiger partial charge in [0.1, 0.15) is 0 Å². The van der Waals surface area contributed by atoms with Crippen LogP contribution in [0, 0.1) is 41.7 Å². The van der Waals surface area contributed by atoms with Crippen LogP contribution in [0.15, 0.2) is 0 Å². The van der Waals surface area contributed by atoms with E-state index in [9.17, 15) is 0 Å². The SMILES string of the molecule is N.O.O.O.O.[Ce+4]. The maximum Gasteiger partial charge on any atom is 4.00 e. The molecule has 11 N–H and O–H groups in total. The first kappa shape index (κ1) is 198. The molecular weight excluding hydrogens is 218 g/mol. The van der Waals surface area contributed by atoms with E-state index in [1.54, 1.807) is 0 Å². The molecule has 40 valence electrons. The summed E-state index contributed by atoms with van der Waals surface area (Å²) < 4.78 is 0. The van der Waals surface area contributed by atoms with Crippen molar-refractivity contribution < 1.29 is 63.7 Å².